The van der Waals surface area contributed by atoms with Gasteiger partial charge < -0.3 is 14.2 Å². The number of carbonyl (C=O) groups is 2. The second kappa shape index (κ2) is 7.33. The van der Waals surface area contributed by atoms with Crippen molar-refractivity contribution < 1.29 is 23.8 Å². The summed E-state index contributed by atoms with van der Waals surface area (Å²) in [5, 5.41) is 0. The minimum absolute atomic E-state index is 0.0268. The van der Waals surface area contributed by atoms with E-state index < -0.39 is 23.4 Å². The van der Waals surface area contributed by atoms with Crippen LogP contribution < -0.4 is 9.64 Å². The molecule has 0 unspecified atom stereocenters. The van der Waals surface area contributed by atoms with Crippen molar-refractivity contribution >= 4 is 33.9 Å². The van der Waals surface area contributed by atoms with Crippen LogP contribution in [0.15, 0.2) is 10.8 Å². The Kier molecular flexibility index (Phi) is 6.15. The molecule has 1 aromatic heterocycles. The number of halogens is 1. The summed E-state index contributed by atoms with van der Waals surface area (Å²) in [6.45, 7) is 10.1. The van der Waals surface area contributed by atoms with Crippen LogP contribution in [0.4, 0.5) is 15.4 Å². The van der Waals surface area contributed by atoms with Crippen molar-refractivity contribution in [3.05, 3.63) is 10.8 Å². The average molecular weight is 404 g/mol. The number of ether oxygens (including phenoxy) is 3. The van der Waals surface area contributed by atoms with Gasteiger partial charge in [-0.15, -0.1) is 0 Å². The van der Waals surface area contributed by atoms with E-state index in [1.54, 1.807) is 41.5 Å². The molecule has 9 heteroatoms. The summed E-state index contributed by atoms with van der Waals surface area (Å²) in [7, 11) is 1.35. The molecule has 1 rings (SSSR count). The maximum Gasteiger partial charge on any atom is 0.425 e. The first-order chi connectivity index (χ1) is 10.8. The van der Waals surface area contributed by atoms with Gasteiger partial charge in [-0.1, -0.05) is 0 Å². The molecule has 0 saturated heterocycles. The van der Waals surface area contributed by atoms with Crippen molar-refractivity contribution in [3.63, 3.8) is 0 Å². The highest BCUT2D eigenvalue weighted by molar-refractivity contribution is 9.10. The first-order valence-corrected chi connectivity index (χ1v) is 7.96. The molecule has 0 N–H and O–H groups in total. The number of aromatic nitrogens is 2. The van der Waals surface area contributed by atoms with Gasteiger partial charge in [0, 0.05) is 0 Å². The molecule has 0 aromatic carbocycles. The summed E-state index contributed by atoms with van der Waals surface area (Å²) in [6.07, 6.45) is -0.544. The first kappa shape index (κ1) is 20.1. The van der Waals surface area contributed by atoms with Crippen LogP contribution in [0.25, 0.3) is 0 Å². The standard InChI is InChI=1S/C15H22BrN3O5/c1-14(2,3)23-12(20)19(13(21)24-15(4,5)6)10-11(22-7)18-9(16)8-17-10/h8H,1-7H3. The van der Waals surface area contributed by atoms with Crippen LogP contribution in [0.3, 0.4) is 0 Å². The zero-order valence-corrected chi connectivity index (χ0v) is 16.4. The van der Waals surface area contributed by atoms with Crippen LogP contribution in [0.1, 0.15) is 41.5 Å². The molecular weight excluding hydrogens is 382 g/mol. The van der Waals surface area contributed by atoms with Crippen LogP contribution >= 0.6 is 15.9 Å². The Balaban J connectivity index is 3.33. The number of carbonyl (C=O) groups excluding carboxylic acids is 2. The fourth-order valence-electron chi connectivity index (χ4n) is 1.50. The number of methoxy groups -OCH3 is 1. The largest absolute Gasteiger partial charge is 0.478 e. The lowest BCUT2D eigenvalue weighted by molar-refractivity contribution is 0.0427. The summed E-state index contributed by atoms with van der Waals surface area (Å²) < 4.78 is 16.0. The topological polar surface area (TPSA) is 90.9 Å². The number of anilines is 1. The second-order valence-electron chi connectivity index (χ2n) is 6.82. The van der Waals surface area contributed by atoms with Crippen LogP contribution in [-0.2, 0) is 9.47 Å². The number of nitrogens with zero attached hydrogens (tertiary/aromatic N) is 3. The Morgan fingerprint density at radius 3 is 1.88 bits per heavy atom. The lowest BCUT2D eigenvalue weighted by Crippen LogP contribution is -2.44. The fourth-order valence-corrected chi connectivity index (χ4v) is 1.76. The highest BCUT2D eigenvalue weighted by atomic mass is 79.9. The normalized spacial score (nSPS) is 11.7. The van der Waals surface area contributed by atoms with Gasteiger partial charge in [0.05, 0.1) is 13.3 Å². The number of hydrogen-bond acceptors (Lipinski definition) is 7. The Bertz CT molecular complexity index is 595. The third kappa shape index (κ3) is 5.95. The number of amides is 2. The molecule has 2 amide bonds. The average Bonchev–Trinajstić information content (AvgIpc) is 2.36. The quantitative estimate of drug-likeness (QED) is 0.738. The van der Waals surface area contributed by atoms with E-state index in [2.05, 4.69) is 25.9 Å². The second-order valence-corrected chi connectivity index (χ2v) is 7.63. The van der Waals surface area contributed by atoms with E-state index in [0.717, 1.165) is 0 Å². The summed E-state index contributed by atoms with van der Waals surface area (Å²) in [5.74, 6) is -0.148. The molecule has 0 aliphatic heterocycles. The summed E-state index contributed by atoms with van der Waals surface area (Å²) >= 11 is 3.15. The van der Waals surface area contributed by atoms with Crippen molar-refractivity contribution in [1.29, 1.82) is 0 Å². The Morgan fingerprint density at radius 1 is 1.04 bits per heavy atom. The fraction of sp³-hybridized carbons (Fsp3) is 0.600. The maximum absolute atomic E-state index is 12.5. The highest BCUT2D eigenvalue weighted by Crippen LogP contribution is 2.28. The van der Waals surface area contributed by atoms with Crippen molar-refractivity contribution in [2.75, 3.05) is 12.0 Å². The van der Waals surface area contributed by atoms with Gasteiger partial charge in [0.25, 0.3) is 5.88 Å². The number of imide groups is 1. The third-order valence-corrected chi connectivity index (χ3v) is 2.63. The third-order valence-electron chi connectivity index (χ3n) is 2.25. The first-order valence-electron chi connectivity index (χ1n) is 7.16. The van der Waals surface area contributed by atoms with E-state index in [0.29, 0.717) is 9.50 Å². The summed E-state index contributed by atoms with van der Waals surface area (Å²) in [6, 6.07) is 0. The van der Waals surface area contributed by atoms with E-state index in [1.165, 1.54) is 13.3 Å². The zero-order chi connectivity index (χ0) is 18.7. The molecule has 0 aliphatic rings. The van der Waals surface area contributed by atoms with Gasteiger partial charge in [-0.2, -0.15) is 4.90 Å². The minimum atomic E-state index is -0.938. The SMILES string of the molecule is COc1nc(Br)cnc1N(C(=O)OC(C)(C)C)C(=O)OC(C)(C)C. The van der Waals surface area contributed by atoms with Crippen LogP contribution in [0.5, 0.6) is 5.88 Å². The summed E-state index contributed by atoms with van der Waals surface area (Å²) in [5.41, 5.74) is -1.62. The molecule has 24 heavy (non-hydrogen) atoms. The monoisotopic (exact) mass is 403 g/mol. The summed E-state index contributed by atoms with van der Waals surface area (Å²) in [4.78, 5) is 33.8. The molecule has 8 nitrogen and oxygen atoms in total. The van der Waals surface area contributed by atoms with Gasteiger partial charge in [-0.3, -0.25) is 0 Å². The number of hydrogen-bond donors (Lipinski definition) is 0. The molecule has 0 aliphatic carbocycles. The molecule has 0 bridgehead atoms. The van der Waals surface area contributed by atoms with Gasteiger partial charge in [0.2, 0.25) is 5.82 Å². The Hall–Kier alpha value is -1.90. The predicted molar refractivity (Wildman–Crippen MR) is 91.2 cm³/mol. The van der Waals surface area contributed by atoms with Crippen molar-refractivity contribution in [1.82, 2.24) is 9.97 Å². The van der Waals surface area contributed by atoms with Crippen LogP contribution in [-0.4, -0.2) is 40.5 Å². The molecule has 0 saturated carbocycles. The molecule has 1 aromatic rings. The van der Waals surface area contributed by atoms with Crippen LogP contribution in [0.2, 0.25) is 0 Å². The van der Waals surface area contributed by atoms with E-state index in [1.807, 2.05) is 0 Å². The lowest BCUT2D eigenvalue weighted by atomic mass is 10.2. The molecule has 1 heterocycles. The van der Waals surface area contributed by atoms with Crippen molar-refractivity contribution in [2.45, 2.75) is 52.7 Å². The smallest absolute Gasteiger partial charge is 0.425 e. The van der Waals surface area contributed by atoms with Gasteiger partial charge >= 0.3 is 12.2 Å². The van der Waals surface area contributed by atoms with Crippen molar-refractivity contribution in [3.8, 4) is 5.88 Å². The highest BCUT2D eigenvalue weighted by Gasteiger charge is 2.36. The molecule has 134 valence electrons. The molecule has 0 radical (unpaired) electrons. The minimum Gasteiger partial charge on any atom is -0.478 e. The van der Waals surface area contributed by atoms with Gasteiger partial charge in [0.1, 0.15) is 15.8 Å². The number of rotatable bonds is 2. The Labute approximate surface area is 149 Å². The molecule has 0 spiro atoms. The van der Waals surface area contributed by atoms with Gasteiger partial charge in [-0.05, 0) is 57.5 Å². The Morgan fingerprint density at radius 2 is 1.50 bits per heavy atom. The van der Waals surface area contributed by atoms with E-state index >= 15 is 0 Å². The predicted octanol–water partition coefficient (Wildman–Crippen LogP) is 3.92. The van der Waals surface area contributed by atoms with Gasteiger partial charge in [0.15, 0.2) is 0 Å². The lowest BCUT2D eigenvalue weighted by Gasteiger charge is -2.28. The zero-order valence-electron chi connectivity index (χ0n) is 14.8. The van der Waals surface area contributed by atoms with E-state index in [4.69, 9.17) is 14.2 Å². The maximum atomic E-state index is 12.5. The molecule has 0 atom stereocenters. The van der Waals surface area contributed by atoms with Crippen LogP contribution in [0, 0.1) is 0 Å². The molecule has 0 fully saturated rings. The van der Waals surface area contributed by atoms with Gasteiger partial charge in [-0.25, -0.2) is 19.6 Å². The molecular formula is C15H22BrN3O5. The van der Waals surface area contributed by atoms with Crippen molar-refractivity contribution in [2.24, 2.45) is 0 Å². The van der Waals surface area contributed by atoms with E-state index in [-0.39, 0.29) is 11.7 Å². The van der Waals surface area contributed by atoms with E-state index in [9.17, 15) is 9.59 Å².